The van der Waals surface area contributed by atoms with Crippen molar-refractivity contribution in [3.63, 3.8) is 0 Å². The van der Waals surface area contributed by atoms with Crippen LogP contribution < -0.4 is 5.32 Å². The molecular weight excluding hydrogens is 281 g/mol. The van der Waals surface area contributed by atoms with Crippen molar-refractivity contribution in [1.82, 2.24) is 15.3 Å². The summed E-state index contributed by atoms with van der Waals surface area (Å²) in [5.74, 6) is -3.38. The van der Waals surface area contributed by atoms with Crippen LogP contribution in [0.3, 0.4) is 0 Å². The molecule has 0 radical (unpaired) electrons. The number of carboxylic acid groups (broad SMARTS) is 1. The van der Waals surface area contributed by atoms with Crippen LogP contribution in [0.2, 0.25) is 0 Å². The predicted octanol–water partition coefficient (Wildman–Crippen LogP) is 0.680. The van der Waals surface area contributed by atoms with Gasteiger partial charge in [0.2, 0.25) is 0 Å². The number of aromatic amines is 1. The summed E-state index contributed by atoms with van der Waals surface area (Å²) in [5, 5.41) is 20.4. The smallest absolute Gasteiger partial charge is 0.326 e. The van der Waals surface area contributed by atoms with E-state index in [0.29, 0.717) is 5.69 Å². The molecule has 2 rings (SSSR count). The van der Waals surface area contributed by atoms with Gasteiger partial charge in [-0.1, -0.05) is 0 Å². The maximum Gasteiger partial charge on any atom is 0.326 e. The maximum atomic E-state index is 13.5. The number of nitrogens with zero attached hydrogens (tertiary/aromatic N) is 1. The summed E-state index contributed by atoms with van der Waals surface area (Å²) in [6.45, 7) is 0. The normalized spacial score (nSPS) is 11.9. The molecule has 1 aromatic heterocycles. The standard InChI is InChI=1S/C13H12FN3O4/c14-10-4-8(18)1-2-9(10)12(19)17-11(13(20)21)3-7-5-15-6-16-7/h1-2,4-6,11,18H,3H2,(H,15,16)(H,17,19)(H,20,21)/t11-/m1/s1. The Morgan fingerprint density at radius 2 is 2.19 bits per heavy atom. The molecule has 2 aromatic rings. The van der Waals surface area contributed by atoms with Crippen LogP contribution in [0.5, 0.6) is 5.75 Å². The summed E-state index contributed by atoms with van der Waals surface area (Å²) in [4.78, 5) is 29.5. The molecule has 1 atom stereocenters. The second-order valence-corrected chi connectivity index (χ2v) is 4.31. The van der Waals surface area contributed by atoms with Crippen LogP contribution in [0.25, 0.3) is 0 Å². The highest BCUT2D eigenvalue weighted by Crippen LogP contribution is 2.15. The minimum absolute atomic E-state index is 0.0131. The number of rotatable bonds is 5. The zero-order valence-corrected chi connectivity index (χ0v) is 10.7. The second-order valence-electron chi connectivity index (χ2n) is 4.31. The Bertz CT molecular complexity index is 657. The van der Waals surface area contributed by atoms with E-state index in [1.807, 2.05) is 0 Å². The number of carbonyl (C=O) groups is 2. The van der Waals surface area contributed by atoms with Gasteiger partial charge in [-0.15, -0.1) is 0 Å². The molecule has 0 saturated carbocycles. The lowest BCUT2D eigenvalue weighted by Gasteiger charge is -2.14. The number of hydrogen-bond acceptors (Lipinski definition) is 4. The third-order valence-corrected chi connectivity index (χ3v) is 2.78. The Labute approximate surface area is 118 Å². The van der Waals surface area contributed by atoms with Gasteiger partial charge in [0.05, 0.1) is 11.9 Å². The van der Waals surface area contributed by atoms with Crippen molar-refractivity contribution < 1.29 is 24.2 Å². The van der Waals surface area contributed by atoms with Crippen LogP contribution in [0.15, 0.2) is 30.7 Å². The number of H-pyrrole nitrogens is 1. The maximum absolute atomic E-state index is 13.5. The Balaban J connectivity index is 2.12. The van der Waals surface area contributed by atoms with Gasteiger partial charge in [-0.2, -0.15) is 0 Å². The molecule has 21 heavy (non-hydrogen) atoms. The van der Waals surface area contributed by atoms with Crippen LogP contribution in [0, 0.1) is 5.82 Å². The van der Waals surface area contributed by atoms with Crippen molar-refractivity contribution in [1.29, 1.82) is 0 Å². The Morgan fingerprint density at radius 1 is 1.43 bits per heavy atom. The molecule has 0 aliphatic carbocycles. The van der Waals surface area contributed by atoms with E-state index in [4.69, 9.17) is 10.2 Å². The summed E-state index contributed by atoms with van der Waals surface area (Å²) in [5.41, 5.74) is 0.178. The van der Waals surface area contributed by atoms with Crippen LogP contribution in [0.1, 0.15) is 16.1 Å². The first-order valence-corrected chi connectivity index (χ1v) is 5.97. The number of imidazole rings is 1. The SMILES string of the molecule is O=C(N[C@H](Cc1cnc[nH]1)C(=O)O)c1ccc(O)cc1F. The molecule has 110 valence electrons. The van der Waals surface area contributed by atoms with Gasteiger partial charge in [-0.05, 0) is 12.1 Å². The summed E-state index contributed by atoms with van der Waals surface area (Å²) in [6.07, 6.45) is 2.81. The molecule has 7 nitrogen and oxygen atoms in total. The second kappa shape index (κ2) is 6.04. The zero-order chi connectivity index (χ0) is 15.4. The molecule has 0 aliphatic rings. The number of phenolic OH excluding ortho intramolecular Hbond substituents is 1. The van der Waals surface area contributed by atoms with Gasteiger partial charge < -0.3 is 20.5 Å². The molecular formula is C13H12FN3O4. The van der Waals surface area contributed by atoms with Crippen LogP contribution in [-0.4, -0.2) is 38.1 Å². The number of carbonyl (C=O) groups excluding carboxylic acids is 1. The molecule has 0 bridgehead atoms. The van der Waals surface area contributed by atoms with E-state index in [2.05, 4.69) is 15.3 Å². The van der Waals surface area contributed by atoms with Crippen molar-refractivity contribution in [3.05, 3.63) is 47.8 Å². The van der Waals surface area contributed by atoms with Gasteiger partial charge in [-0.3, -0.25) is 4.79 Å². The monoisotopic (exact) mass is 293 g/mol. The fourth-order valence-electron chi connectivity index (χ4n) is 1.74. The number of amides is 1. The molecule has 1 heterocycles. The number of halogens is 1. The summed E-state index contributed by atoms with van der Waals surface area (Å²) in [6, 6.07) is 1.77. The van der Waals surface area contributed by atoms with Crippen molar-refractivity contribution in [3.8, 4) is 5.75 Å². The van der Waals surface area contributed by atoms with Crippen molar-refractivity contribution in [2.45, 2.75) is 12.5 Å². The predicted molar refractivity (Wildman–Crippen MR) is 69.2 cm³/mol. The minimum atomic E-state index is -1.25. The zero-order valence-electron chi connectivity index (χ0n) is 10.7. The number of carboxylic acids is 1. The number of nitrogens with one attached hydrogen (secondary N) is 2. The van der Waals surface area contributed by atoms with Gasteiger partial charge in [-0.25, -0.2) is 14.2 Å². The molecule has 8 heteroatoms. The highest BCUT2D eigenvalue weighted by molar-refractivity contribution is 5.97. The number of aromatic nitrogens is 2. The summed E-state index contributed by atoms with van der Waals surface area (Å²) in [7, 11) is 0. The van der Waals surface area contributed by atoms with E-state index in [1.54, 1.807) is 0 Å². The lowest BCUT2D eigenvalue weighted by molar-refractivity contribution is -0.139. The number of aromatic hydroxyl groups is 1. The molecule has 0 unspecified atom stereocenters. The van der Waals surface area contributed by atoms with Gasteiger partial charge in [0.25, 0.3) is 5.91 Å². The van der Waals surface area contributed by atoms with Gasteiger partial charge in [0.15, 0.2) is 0 Å². The van der Waals surface area contributed by atoms with Crippen molar-refractivity contribution in [2.75, 3.05) is 0 Å². The molecule has 0 spiro atoms. The van der Waals surface area contributed by atoms with Gasteiger partial charge >= 0.3 is 5.97 Å². The number of hydrogen-bond donors (Lipinski definition) is 4. The van der Waals surface area contributed by atoms with E-state index in [1.165, 1.54) is 12.5 Å². The van der Waals surface area contributed by atoms with E-state index in [0.717, 1.165) is 18.2 Å². The van der Waals surface area contributed by atoms with Crippen molar-refractivity contribution >= 4 is 11.9 Å². The molecule has 1 amide bonds. The molecule has 0 aliphatic heterocycles. The number of phenols is 1. The molecule has 0 fully saturated rings. The van der Waals surface area contributed by atoms with Gasteiger partial charge in [0, 0.05) is 24.4 Å². The van der Waals surface area contributed by atoms with E-state index in [-0.39, 0.29) is 17.7 Å². The average Bonchev–Trinajstić information content (AvgIpc) is 2.90. The quantitative estimate of drug-likeness (QED) is 0.647. The fraction of sp³-hybridized carbons (Fsp3) is 0.154. The Kier molecular flexibility index (Phi) is 4.17. The molecule has 0 saturated heterocycles. The lowest BCUT2D eigenvalue weighted by Crippen LogP contribution is -2.42. The Morgan fingerprint density at radius 3 is 2.76 bits per heavy atom. The minimum Gasteiger partial charge on any atom is -0.508 e. The van der Waals surface area contributed by atoms with E-state index >= 15 is 0 Å². The third-order valence-electron chi connectivity index (χ3n) is 2.78. The summed E-state index contributed by atoms with van der Waals surface area (Å²) < 4.78 is 13.5. The first-order valence-electron chi connectivity index (χ1n) is 5.97. The highest BCUT2D eigenvalue weighted by atomic mass is 19.1. The van der Waals surface area contributed by atoms with Crippen molar-refractivity contribution in [2.24, 2.45) is 0 Å². The number of aliphatic carboxylic acids is 1. The topological polar surface area (TPSA) is 115 Å². The van der Waals surface area contributed by atoms with Crippen LogP contribution in [0.4, 0.5) is 4.39 Å². The van der Waals surface area contributed by atoms with Crippen LogP contribution >= 0.6 is 0 Å². The average molecular weight is 293 g/mol. The van der Waals surface area contributed by atoms with E-state index < -0.39 is 23.7 Å². The first kappa shape index (κ1) is 14.5. The third kappa shape index (κ3) is 3.56. The van der Waals surface area contributed by atoms with E-state index in [9.17, 15) is 14.0 Å². The van der Waals surface area contributed by atoms with Crippen LogP contribution in [-0.2, 0) is 11.2 Å². The highest BCUT2D eigenvalue weighted by Gasteiger charge is 2.23. The fourth-order valence-corrected chi connectivity index (χ4v) is 1.74. The van der Waals surface area contributed by atoms with Gasteiger partial charge in [0.1, 0.15) is 17.6 Å². The lowest BCUT2D eigenvalue weighted by atomic mass is 10.1. The molecule has 1 aromatic carbocycles. The Hall–Kier alpha value is -2.90. The molecule has 4 N–H and O–H groups in total. The first-order chi connectivity index (χ1) is 9.97. The largest absolute Gasteiger partial charge is 0.508 e. The number of benzene rings is 1. The summed E-state index contributed by atoms with van der Waals surface area (Å²) >= 11 is 0.